The zero-order valence-corrected chi connectivity index (χ0v) is 11.8. The Morgan fingerprint density at radius 1 is 0.636 bits per heavy atom. The third-order valence-corrected chi connectivity index (χ3v) is 3.75. The standard InChI is InChI=1S/C19H16O3/c20-16-11-12-17(18(21)13-16)19(22,14-7-3-1-4-8-14)15-9-5-2-6-10-15/h1-13,20-22H. The van der Waals surface area contributed by atoms with Crippen LogP contribution in [0.25, 0.3) is 0 Å². The summed E-state index contributed by atoms with van der Waals surface area (Å²) in [7, 11) is 0. The Morgan fingerprint density at radius 2 is 1.14 bits per heavy atom. The number of aliphatic hydroxyl groups is 1. The molecule has 0 unspecified atom stereocenters. The molecular weight excluding hydrogens is 276 g/mol. The van der Waals surface area contributed by atoms with Crippen molar-refractivity contribution in [3.63, 3.8) is 0 Å². The molecule has 0 spiro atoms. The summed E-state index contributed by atoms with van der Waals surface area (Å²) in [5, 5.41) is 31.2. The summed E-state index contributed by atoms with van der Waals surface area (Å²) in [5.41, 5.74) is 0.104. The first-order chi connectivity index (χ1) is 10.6. The number of hydrogen-bond acceptors (Lipinski definition) is 3. The van der Waals surface area contributed by atoms with Gasteiger partial charge in [-0.2, -0.15) is 0 Å². The molecule has 3 aromatic carbocycles. The van der Waals surface area contributed by atoms with E-state index in [1.807, 2.05) is 36.4 Å². The predicted octanol–water partition coefficient (Wildman–Crippen LogP) is 3.38. The van der Waals surface area contributed by atoms with Crippen LogP contribution >= 0.6 is 0 Å². The third-order valence-electron chi connectivity index (χ3n) is 3.75. The fourth-order valence-electron chi connectivity index (χ4n) is 2.66. The molecule has 22 heavy (non-hydrogen) atoms. The van der Waals surface area contributed by atoms with E-state index in [1.54, 1.807) is 24.3 Å². The monoisotopic (exact) mass is 292 g/mol. The lowest BCUT2D eigenvalue weighted by Crippen LogP contribution is -2.28. The van der Waals surface area contributed by atoms with Gasteiger partial charge in [-0.1, -0.05) is 60.7 Å². The molecule has 0 saturated heterocycles. The van der Waals surface area contributed by atoms with Crippen molar-refractivity contribution < 1.29 is 15.3 Å². The number of hydrogen-bond donors (Lipinski definition) is 3. The summed E-state index contributed by atoms with van der Waals surface area (Å²) in [6.45, 7) is 0. The van der Waals surface area contributed by atoms with Crippen molar-refractivity contribution >= 4 is 0 Å². The molecule has 0 aliphatic rings. The van der Waals surface area contributed by atoms with E-state index in [1.165, 1.54) is 18.2 Å². The van der Waals surface area contributed by atoms with Crippen molar-refractivity contribution in [1.29, 1.82) is 0 Å². The molecule has 3 aromatic rings. The maximum Gasteiger partial charge on any atom is 0.144 e. The van der Waals surface area contributed by atoms with Crippen LogP contribution in [0.15, 0.2) is 78.9 Å². The molecule has 0 aliphatic carbocycles. The highest BCUT2D eigenvalue weighted by Crippen LogP contribution is 2.41. The molecule has 0 fully saturated rings. The van der Waals surface area contributed by atoms with Gasteiger partial charge >= 0.3 is 0 Å². The minimum Gasteiger partial charge on any atom is -0.508 e. The molecule has 3 N–H and O–H groups in total. The third kappa shape index (κ3) is 2.32. The average Bonchev–Trinajstić information content (AvgIpc) is 2.56. The SMILES string of the molecule is Oc1ccc(C(O)(c2ccccc2)c2ccccc2)c(O)c1. The lowest BCUT2D eigenvalue weighted by molar-refractivity contribution is 0.122. The van der Waals surface area contributed by atoms with Gasteiger partial charge in [-0.25, -0.2) is 0 Å². The van der Waals surface area contributed by atoms with Crippen LogP contribution in [-0.4, -0.2) is 15.3 Å². The van der Waals surface area contributed by atoms with Crippen LogP contribution in [0.2, 0.25) is 0 Å². The molecule has 110 valence electrons. The lowest BCUT2D eigenvalue weighted by atomic mass is 9.80. The van der Waals surface area contributed by atoms with Gasteiger partial charge in [0.25, 0.3) is 0 Å². The number of phenols is 2. The van der Waals surface area contributed by atoms with Gasteiger partial charge in [0.1, 0.15) is 17.1 Å². The molecule has 0 atom stereocenters. The van der Waals surface area contributed by atoms with E-state index in [-0.39, 0.29) is 11.5 Å². The maximum atomic E-state index is 11.5. The van der Waals surface area contributed by atoms with Crippen molar-refractivity contribution in [2.24, 2.45) is 0 Å². The Morgan fingerprint density at radius 3 is 1.59 bits per heavy atom. The van der Waals surface area contributed by atoms with E-state index in [4.69, 9.17) is 0 Å². The van der Waals surface area contributed by atoms with Crippen LogP contribution in [0.4, 0.5) is 0 Å². The van der Waals surface area contributed by atoms with Crippen LogP contribution in [0.3, 0.4) is 0 Å². The van der Waals surface area contributed by atoms with E-state index < -0.39 is 5.60 Å². The maximum absolute atomic E-state index is 11.5. The average molecular weight is 292 g/mol. The van der Waals surface area contributed by atoms with Gasteiger partial charge in [-0.15, -0.1) is 0 Å². The van der Waals surface area contributed by atoms with E-state index in [0.717, 1.165) is 0 Å². The highest BCUT2D eigenvalue weighted by molar-refractivity contribution is 5.53. The fourth-order valence-corrected chi connectivity index (χ4v) is 2.66. The minimum absolute atomic E-state index is 0.0512. The summed E-state index contributed by atoms with van der Waals surface area (Å²) >= 11 is 0. The van der Waals surface area contributed by atoms with Gasteiger partial charge in [0.05, 0.1) is 0 Å². The molecule has 3 nitrogen and oxygen atoms in total. The first-order valence-electron chi connectivity index (χ1n) is 6.98. The lowest BCUT2D eigenvalue weighted by Gasteiger charge is -2.30. The van der Waals surface area contributed by atoms with Crippen LogP contribution in [0.1, 0.15) is 16.7 Å². The van der Waals surface area contributed by atoms with E-state index in [0.29, 0.717) is 16.7 Å². The van der Waals surface area contributed by atoms with Gasteiger partial charge in [-0.05, 0) is 23.3 Å². The van der Waals surface area contributed by atoms with E-state index in [2.05, 4.69) is 0 Å². The molecule has 0 aliphatic heterocycles. The number of phenolic OH excluding ortho intramolecular Hbond substituents is 2. The minimum atomic E-state index is -1.50. The topological polar surface area (TPSA) is 60.7 Å². The fraction of sp³-hybridized carbons (Fsp3) is 0.0526. The van der Waals surface area contributed by atoms with Gasteiger partial charge in [-0.3, -0.25) is 0 Å². The highest BCUT2D eigenvalue weighted by atomic mass is 16.3. The van der Waals surface area contributed by atoms with E-state index in [9.17, 15) is 15.3 Å². The highest BCUT2D eigenvalue weighted by Gasteiger charge is 2.35. The normalized spacial score (nSPS) is 11.3. The number of benzene rings is 3. The summed E-state index contributed by atoms with van der Waals surface area (Å²) < 4.78 is 0. The summed E-state index contributed by atoms with van der Waals surface area (Å²) in [5.74, 6) is -0.208. The van der Waals surface area contributed by atoms with Crippen molar-refractivity contribution in [3.05, 3.63) is 95.6 Å². The molecule has 0 heterocycles. The molecule has 0 amide bonds. The van der Waals surface area contributed by atoms with Crippen LogP contribution < -0.4 is 0 Å². The second kappa shape index (κ2) is 5.54. The summed E-state index contributed by atoms with van der Waals surface area (Å²) in [6.07, 6.45) is 0. The van der Waals surface area contributed by atoms with Gasteiger partial charge in [0.2, 0.25) is 0 Å². The Kier molecular flexibility index (Phi) is 3.57. The van der Waals surface area contributed by atoms with Crippen LogP contribution in [0, 0.1) is 0 Å². The molecule has 0 saturated carbocycles. The van der Waals surface area contributed by atoms with Gasteiger partial charge < -0.3 is 15.3 Å². The number of rotatable bonds is 3. The van der Waals surface area contributed by atoms with Gasteiger partial charge in [0.15, 0.2) is 0 Å². The van der Waals surface area contributed by atoms with Crippen LogP contribution in [-0.2, 0) is 5.60 Å². The van der Waals surface area contributed by atoms with Crippen molar-refractivity contribution in [1.82, 2.24) is 0 Å². The zero-order valence-electron chi connectivity index (χ0n) is 11.8. The molecular formula is C19H16O3. The molecule has 0 bridgehead atoms. The predicted molar refractivity (Wildman–Crippen MR) is 84.8 cm³/mol. The number of aromatic hydroxyl groups is 2. The van der Waals surface area contributed by atoms with Crippen molar-refractivity contribution in [2.45, 2.75) is 5.60 Å². The molecule has 0 aromatic heterocycles. The second-order valence-corrected chi connectivity index (χ2v) is 5.14. The van der Waals surface area contributed by atoms with E-state index >= 15 is 0 Å². The van der Waals surface area contributed by atoms with Crippen molar-refractivity contribution in [3.8, 4) is 11.5 Å². The molecule has 0 radical (unpaired) electrons. The Bertz CT molecular complexity index is 728. The second-order valence-electron chi connectivity index (χ2n) is 5.14. The summed E-state index contributed by atoms with van der Waals surface area (Å²) in [6, 6.07) is 22.5. The quantitative estimate of drug-likeness (QED) is 0.649. The first-order valence-corrected chi connectivity index (χ1v) is 6.98. The Labute approximate surface area is 128 Å². The zero-order chi connectivity index (χ0) is 15.6. The summed E-state index contributed by atoms with van der Waals surface area (Å²) in [4.78, 5) is 0. The van der Waals surface area contributed by atoms with Crippen molar-refractivity contribution in [2.75, 3.05) is 0 Å². The smallest absolute Gasteiger partial charge is 0.144 e. The Balaban J connectivity index is 2.28. The van der Waals surface area contributed by atoms with Gasteiger partial charge in [0, 0.05) is 11.6 Å². The van der Waals surface area contributed by atoms with Crippen LogP contribution in [0.5, 0.6) is 11.5 Å². The largest absolute Gasteiger partial charge is 0.508 e. The Hall–Kier alpha value is -2.78. The molecule has 3 rings (SSSR count). The molecule has 3 heteroatoms. The first kappa shape index (κ1) is 14.2.